The first-order valence-electron chi connectivity index (χ1n) is 5.84. The molecule has 1 fully saturated rings. The van der Waals surface area contributed by atoms with Crippen molar-refractivity contribution in [1.29, 1.82) is 0 Å². The number of hydrogen-bond acceptors (Lipinski definition) is 2. The SMILES string of the molecule is CCOCCCC1CC(C)CCC1=O. The van der Waals surface area contributed by atoms with Crippen molar-refractivity contribution in [3.8, 4) is 0 Å². The summed E-state index contributed by atoms with van der Waals surface area (Å²) in [4.78, 5) is 11.6. The molecule has 1 aliphatic rings. The van der Waals surface area contributed by atoms with Crippen LogP contribution in [0.2, 0.25) is 0 Å². The predicted molar refractivity (Wildman–Crippen MR) is 57.2 cm³/mol. The van der Waals surface area contributed by atoms with Crippen molar-refractivity contribution in [2.45, 2.75) is 46.0 Å². The summed E-state index contributed by atoms with van der Waals surface area (Å²) in [6.07, 6.45) is 5.08. The lowest BCUT2D eigenvalue weighted by Crippen LogP contribution is -2.23. The Morgan fingerprint density at radius 3 is 3.00 bits per heavy atom. The fraction of sp³-hybridized carbons (Fsp3) is 0.917. The lowest BCUT2D eigenvalue weighted by atomic mass is 9.79. The quantitative estimate of drug-likeness (QED) is 0.635. The molecule has 14 heavy (non-hydrogen) atoms. The minimum absolute atomic E-state index is 0.333. The standard InChI is InChI=1S/C12H22O2/c1-3-14-8-4-5-11-9-10(2)6-7-12(11)13/h10-11H,3-9H2,1-2H3. The summed E-state index contributed by atoms with van der Waals surface area (Å²) in [5.74, 6) is 1.56. The van der Waals surface area contributed by atoms with E-state index in [9.17, 15) is 4.79 Å². The molecule has 2 nitrogen and oxygen atoms in total. The van der Waals surface area contributed by atoms with Crippen molar-refractivity contribution in [1.82, 2.24) is 0 Å². The highest BCUT2D eigenvalue weighted by molar-refractivity contribution is 5.81. The van der Waals surface area contributed by atoms with Crippen molar-refractivity contribution in [2.75, 3.05) is 13.2 Å². The van der Waals surface area contributed by atoms with Gasteiger partial charge in [-0.1, -0.05) is 6.92 Å². The molecular formula is C12H22O2. The van der Waals surface area contributed by atoms with E-state index in [1.807, 2.05) is 6.92 Å². The first kappa shape index (κ1) is 11.7. The number of rotatable bonds is 5. The molecule has 0 amide bonds. The van der Waals surface area contributed by atoms with Crippen molar-refractivity contribution in [2.24, 2.45) is 11.8 Å². The van der Waals surface area contributed by atoms with Crippen LogP contribution in [0.1, 0.15) is 46.0 Å². The van der Waals surface area contributed by atoms with E-state index < -0.39 is 0 Å². The highest BCUT2D eigenvalue weighted by atomic mass is 16.5. The fourth-order valence-electron chi connectivity index (χ4n) is 2.18. The zero-order chi connectivity index (χ0) is 10.4. The van der Waals surface area contributed by atoms with Crippen molar-refractivity contribution in [3.05, 3.63) is 0 Å². The van der Waals surface area contributed by atoms with Crippen LogP contribution in [0.5, 0.6) is 0 Å². The number of Topliss-reactive ketones (excluding diaryl/α,β-unsaturated/α-hetero) is 1. The van der Waals surface area contributed by atoms with Gasteiger partial charge in [0.1, 0.15) is 5.78 Å². The van der Waals surface area contributed by atoms with Crippen molar-refractivity contribution in [3.63, 3.8) is 0 Å². The molecule has 0 aromatic carbocycles. The van der Waals surface area contributed by atoms with Crippen molar-refractivity contribution < 1.29 is 9.53 Å². The zero-order valence-electron chi connectivity index (χ0n) is 9.42. The Kier molecular flexibility index (Phi) is 5.16. The van der Waals surface area contributed by atoms with Gasteiger partial charge in [0.25, 0.3) is 0 Å². The second-order valence-electron chi connectivity index (χ2n) is 4.38. The van der Waals surface area contributed by atoms with Crippen LogP contribution in [0, 0.1) is 11.8 Å². The molecule has 0 aromatic rings. The molecule has 0 saturated heterocycles. The maximum atomic E-state index is 11.6. The number of hydrogen-bond donors (Lipinski definition) is 0. The molecule has 0 aliphatic heterocycles. The van der Waals surface area contributed by atoms with Crippen LogP contribution in [0.15, 0.2) is 0 Å². The normalized spacial score (nSPS) is 28.0. The van der Waals surface area contributed by atoms with E-state index >= 15 is 0 Å². The van der Waals surface area contributed by atoms with Crippen LogP contribution in [-0.4, -0.2) is 19.0 Å². The summed E-state index contributed by atoms with van der Waals surface area (Å²) in [5, 5.41) is 0. The summed E-state index contributed by atoms with van der Waals surface area (Å²) in [6.45, 7) is 5.86. The van der Waals surface area contributed by atoms with Gasteiger partial charge in [-0.2, -0.15) is 0 Å². The Labute approximate surface area is 87.0 Å². The van der Waals surface area contributed by atoms with E-state index in [0.29, 0.717) is 11.7 Å². The molecule has 1 rings (SSSR count). The van der Waals surface area contributed by atoms with Gasteiger partial charge in [0.15, 0.2) is 0 Å². The van der Waals surface area contributed by atoms with Crippen LogP contribution in [0.4, 0.5) is 0 Å². The summed E-state index contributed by atoms with van der Waals surface area (Å²) in [7, 11) is 0. The molecule has 0 radical (unpaired) electrons. The highest BCUT2D eigenvalue weighted by Gasteiger charge is 2.25. The van der Waals surface area contributed by atoms with Gasteiger partial charge in [0, 0.05) is 25.6 Å². The Hall–Kier alpha value is -0.370. The monoisotopic (exact) mass is 198 g/mol. The summed E-state index contributed by atoms with van der Waals surface area (Å²) >= 11 is 0. The third-order valence-electron chi connectivity index (χ3n) is 3.07. The maximum Gasteiger partial charge on any atom is 0.135 e. The van der Waals surface area contributed by atoms with Crippen LogP contribution in [0.25, 0.3) is 0 Å². The van der Waals surface area contributed by atoms with Gasteiger partial charge in [0.2, 0.25) is 0 Å². The van der Waals surface area contributed by atoms with Gasteiger partial charge in [0.05, 0.1) is 0 Å². The Morgan fingerprint density at radius 2 is 2.29 bits per heavy atom. The van der Waals surface area contributed by atoms with E-state index in [1.54, 1.807) is 0 Å². The minimum atomic E-state index is 0.333. The molecule has 0 bridgehead atoms. The topological polar surface area (TPSA) is 26.3 Å². The zero-order valence-corrected chi connectivity index (χ0v) is 9.42. The smallest absolute Gasteiger partial charge is 0.135 e. The van der Waals surface area contributed by atoms with Gasteiger partial charge in [-0.05, 0) is 38.5 Å². The molecule has 1 aliphatic carbocycles. The van der Waals surface area contributed by atoms with Crippen LogP contribution >= 0.6 is 0 Å². The minimum Gasteiger partial charge on any atom is -0.382 e. The molecule has 0 spiro atoms. The lowest BCUT2D eigenvalue weighted by molar-refractivity contribution is -0.125. The van der Waals surface area contributed by atoms with Gasteiger partial charge in [-0.25, -0.2) is 0 Å². The van der Waals surface area contributed by atoms with Crippen LogP contribution < -0.4 is 0 Å². The number of carbonyl (C=O) groups is 1. The lowest BCUT2D eigenvalue weighted by Gasteiger charge is -2.25. The van der Waals surface area contributed by atoms with Crippen molar-refractivity contribution >= 4 is 5.78 Å². The van der Waals surface area contributed by atoms with Gasteiger partial charge in [-0.3, -0.25) is 4.79 Å². The van der Waals surface area contributed by atoms with Gasteiger partial charge < -0.3 is 4.74 Å². The van der Waals surface area contributed by atoms with Crippen LogP contribution in [0.3, 0.4) is 0 Å². The Morgan fingerprint density at radius 1 is 1.50 bits per heavy atom. The first-order valence-corrected chi connectivity index (χ1v) is 5.84. The van der Waals surface area contributed by atoms with Gasteiger partial charge in [-0.15, -0.1) is 0 Å². The van der Waals surface area contributed by atoms with Gasteiger partial charge >= 0.3 is 0 Å². The summed E-state index contributed by atoms with van der Waals surface area (Å²) in [6, 6.07) is 0. The molecule has 0 heterocycles. The predicted octanol–water partition coefficient (Wildman–Crippen LogP) is 2.81. The van der Waals surface area contributed by atoms with Crippen LogP contribution in [-0.2, 0) is 9.53 Å². The summed E-state index contributed by atoms with van der Waals surface area (Å²) in [5.41, 5.74) is 0. The molecule has 0 N–H and O–H groups in total. The Bertz CT molecular complexity index is 177. The van der Waals surface area contributed by atoms with E-state index in [2.05, 4.69) is 6.92 Å². The number of carbonyl (C=O) groups excluding carboxylic acids is 1. The van der Waals surface area contributed by atoms with E-state index in [1.165, 1.54) is 0 Å². The Balaban J connectivity index is 2.17. The third-order valence-corrected chi connectivity index (χ3v) is 3.07. The molecule has 2 atom stereocenters. The average molecular weight is 198 g/mol. The first-order chi connectivity index (χ1) is 6.74. The average Bonchev–Trinajstić information content (AvgIpc) is 2.18. The third kappa shape index (κ3) is 3.79. The molecular weight excluding hydrogens is 176 g/mol. The van der Waals surface area contributed by atoms with E-state index in [4.69, 9.17) is 4.74 Å². The highest BCUT2D eigenvalue weighted by Crippen LogP contribution is 2.28. The maximum absolute atomic E-state index is 11.6. The second kappa shape index (κ2) is 6.18. The summed E-state index contributed by atoms with van der Waals surface area (Å²) < 4.78 is 5.28. The molecule has 2 unspecified atom stereocenters. The number of ether oxygens (including phenoxy) is 1. The fourth-order valence-corrected chi connectivity index (χ4v) is 2.18. The second-order valence-corrected chi connectivity index (χ2v) is 4.38. The molecule has 1 saturated carbocycles. The largest absolute Gasteiger partial charge is 0.382 e. The van der Waals surface area contributed by atoms with E-state index in [0.717, 1.165) is 51.2 Å². The molecule has 0 aromatic heterocycles. The van der Waals surface area contributed by atoms with E-state index in [-0.39, 0.29) is 0 Å². The number of ketones is 1. The molecule has 82 valence electrons. The molecule has 2 heteroatoms.